The van der Waals surface area contributed by atoms with Crippen LogP contribution in [-0.4, -0.2) is 10.9 Å². The van der Waals surface area contributed by atoms with Crippen molar-refractivity contribution in [1.82, 2.24) is 4.98 Å². The number of anilines is 1. The van der Waals surface area contributed by atoms with E-state index in [2.05, 4.69) is 16.4 Å². The van der Waals surface area contributed by atoms with Crippen molar-refractivity contribution in [3.63, 3.8) is 0 Å². The van der Waals surface area contributed by atoms with Gasteiger partial charge < -0.3 is 5.32 Å². The summed E-state index contributed by atoms with van der Waals surface area (Å²) in [7, 11) is 0. The lowest BCUT2D eigenvalue weighted by molar-refractivity contribution is 0.102. The van der Waals surface area contributed by atoms with Crippen molar-refractivity contribution < 1.29 is 4.79 Å². The Kier molecular flexibility index (Phi) is 5.23. The normalized spacial score (nSPS) is 10.9. The van der Waals surface area contributed by atoms with Crippen molar-refractivity contribution in [1.29, 1.82) is 0 Å². The quantitative estimate of drug-likeness (QED) is 0.416. The molecular formula is C22H18N2OS2. The second-order valence-electron chi connectivity index (χ2n) is 6.26. The number of nitrogens with zero attached hydrogens (tertiary/aromatic N) is 1. The summed E-state index contributed by atoms with van der Waals surface area (Å²) in [5.74, 6) is 0.741. The number of aromatic nitrogens is 1. The van der Waals surface area contributed by atoms with Gasteiger partial charge in [0.2, 0.25) is 0 Å². The fourth-order valence-electron chi connectivity index (χ4n) is 2.74. The summed E-state index contributed by atoms with van der Waals surface area (Å²) in [6.07, 6.45) is 0. The minimum Gasteiger partial charge on any atom is -0.322 e. The minimum absolute atomic E-state index is 0.0917. The molecule has 1 amide bonds. The lowest BCUT2D eigenvalue weighted by atomic mass is 10.1. The SMILES string of the molecule is Cc1cccc(NC(=O)c2ccc(CSc3nc4ccccc4s3)cc2)c1. The fraction of sp³-hybridized carbons (Fsp3) is 0.0909. The molecule has 0 unspecified atom stereocenters. The van der Waals surface area contributed by atoms with Gasteiger partial charge in [-0.15, -0.1) is 11.3 Å². The molecule has 3 nitrogen and oxygen atoms in total. The zero-order chi connectivity index (χ0) is 18.6. The molecule has 0 saturated carbocycles. The summed E-state index contributed by atoms with van der Waals surface area (Å²) in [6, 6.07) is 23.7. The monoisotopic (exact) mass is 390 g/mol. The lowest BCUT2D eigenvalue weighted by Crippen LogP contribution is -2.11. The van der Waals surface area contributed by atoms with Crippen LogP contribution in [0.15, 0.2) is 77.1 Å². The highest BCUT2D eigenvalue weighted by molar-refractivity contribution is 8.00. The molecule has 0 atom stereocenters. The number of thiazole rings is 1. The van der Waals surface area contributed by atoms with Crippen molar-refractivity contribution in [3.05, 3.63) is 89.5 Å². The van der Waals surface area contributed by atoms with Crippen LogP contribution in [0.5, 0.6) is 0 Å². The minimum atomic E-state index is -0.0917. The van der Waals surface area contributed by atoms with Gasteiger partial charge in [0.15, 0.2) is 4.34 Å². The highest BCUT2D eigenvalue weighted by atomic mass is 32.2. The van der Waals surface area contributed by atoms with Crippen LogP contribution >= 0.6 is 23.1 Å². The summed E-state index contributed by atoms with van der Waals surface area (Å²) in [6.45, 7) is 2.01. The van der Waals surface area contributed by atoms with Gasteiger partial charge in [0.05, 0.1) is 10.2 Å². The molecule has 1 N–H and O–H groups in total. The van der Waals surface area contributed by atoms with E-state index >= 15 is 0 Å². The predicted octanol–water partition coefficient (Wildman–Crippen LogP) is 6.15. The number of rotatable bonds is 5. The maximum Gasteiger partial charge on any atom is 0.255 e. The van der Waals surface area contributed by atoms with E-state index in [1.54, 1.807) is 23.1 Å². The number of aryl methyl sites for hydroxylation is 1. The van der Waals surface area contributed by atoms with Gasteiger partial charge in [-0.1, -0.05) is 48.2 Å². The summed E-state index contributed by atoms with van der Waals surface area (Å²) >= 11 is 3.44. The Morgan fingerprint density at radius 2 is 1.85 bits per heavy atom. The molecule has 0 aliphatic heterocycles. The summed E-state index contributed by atoms with van der Waals surface area (Å²) in [4.78, 5) is 17.0. The molecule has 4 aromatic rings. The van der Waals surface area contributed by atoms with Crippen LogP contribution in [0.25, 0.3) is 10.2 Å². The number of fused-ring (bicyclic) bond motifs is 1. The van der Waals surface area contributed by atoms with Gasteiger partial charge >= 0.3 is 0 Å². The van der Waals surface area contributed by atoms with Gasteiger partial charge in [-0.25, -0.2) is 4.98 Å². The molecule has 4 rings (SSSR count). The first kappa shape index (κ1) is 17.8. The van der Waals surface area contributed by atoms with Crippen LogP contribution in [0.3, 0.4) is 0 Å². The Labute approximate surface area is 166 Å². The first-order chi connectivity index (χ1) is 13.2. The van der Waals surface area contributed by atoms with Crippen LogP contribution < -0.4 is 5.32 Å². The van der Waals surface area contributed by atoms with Crippen LogP contribution in [0.4, 0.5) is 5.69 Å². The highest BCUT2D eigenvalue weighted by Gasteiger charge is 2.08. The number of carbonyl (C=O) groups is 1. The molecule has 0 saturated heterocycles. The number of hydrogen-bond acceptors (Lipinski definition) is 4. The average molecular weight is 391 g/mol. The average Bonchev–Trinajstić information content (AvgIpc) is 3.10. The Hall–Kier alpha value is -2.63. The molecule has 5 heteroatoms. The second kappa shape index (κ2) is 7.94. The van der Waals surface area contributed by atoms with E-state index in [-0.39, 0.29) is 5.91 Å². The molecule has 134 valence electrons. The van der Waals surface area contributed by atoms with E-state index in [4.69, 9.17) is 0 Å². The summed E-state index contributed by atoms with van der Waals surface area (Å²) < 4.78 is 2.28. The number of hydrogen-bond donors (Lipinski definition) is 1. The number of amides is 1. The second-order valence-corrected chi connectivity index (χ2v) is 8.51. The Bertz CT molecular complexity index is 1050. The molecule has 1 aromatic heterocycles. The molecule has 0 bridgehead atoms. The predicted molar refractivity (Wildman–Crippen MR) is 115 cm³/mol. The van der Waals surface area contributed by atoms with Gasteiger partial charge in [0.25, 0.3) is 5.91 Å². The molecule has 0 fully saturated rings. The zero-order valence-corrected chi connectivity index (χ0v) is 16.4. The van der Waals surface area contributed by atoms with Crippen LogP contribution in [0, 0.1) is 6.92 Å². The zero-order valence-electron chi connectivity index (χ0n) is 14.8. The molecule has 0 aliphatic rings. The van der Waals surface area contributed by atoms with Crippen molar-refractivity contribution >= 4 is 44.9 Å². The van der Waals surface area contributed by atoms with Crippen LogP contribution in [-0.2, 0) is 5.75 Å². The summed E-state index contributed by atoms with van der Waals surface area (Å²) in [5.41, 5.74) is 4.82. The number of nitrogens with one attached hydrogen (secondary N) is 1. The smallest absolute Gasteiger partial charge is 0.255 e. The van der Waals surface area contributed by atoms with E-state index in [0.717, 1.165) is 26.9 Å². The first-order valence-corrected chi connectivity index (χ1v) is 10.4. The Morgan fingerprint density at radius 1 is 1.04 bits per heavy atom. The van der Waals surface area contributed by atoms with E-state index in [1.807, 2.05) is 73.7 Å². The van der Waals surface area contributed by atoms with Gasteiger partial charge in [-0.3, -0.25) is 4.79 Å². The highest BCUT2D eigenvalue weighted by Crippen LogP contribution is 2.31. The molecule has 3 aromatic carbocycles. The van der Waals surface area contributed by atoms with E-state index in [0.29, 0.717) is 5.56 Å². The molecule has 1 heterocycles. The largest absolute Gasteiger partial charge is 0.322 e. The Balaban J connectivity index is 1.38. The first-order valence-electron chi connectivity index (χ1n) is 8.63. The summed E-state index contributed by atoms with van der Waals surface area (Å²) in [5, 5.41) is 2.94. The van der Waals surface area contributed by atoms with E-state index < -0.39 is 0 Å². The van der Waals surface area contributed by atoms with Crippen molar-refractivity contribution in [3.8, 4) is 0 Å². The third-order valence-electron chi connectivity index (χ3n) is 4.13. The topological polar surface area (TPSA) is 42.0 Å². The van der Waals surface area contributed by atoms with Gasteiger partial charge in [-0.05, 0) is 54.4 Å². The van der Waals surface area contributed by atoms with Crippen molar-refractivity contribution in [2.45, 2.75) is 17.0 Å². The lowest BCUT2D eigenvalue weighted by Gasteiger charge is -2.07. The van der Waals surface area contributed by atoms with Crippen molar-refractivity contribution in [2.24, 2.45) is 0 Å². The maximum absolute atomic E-state index is 12.4. The number of carbonyl (C=O) groups excluding carboxylic acids is 1. The van der Waals surface area contributed by atoms with Gasteiger partial charge in [0.1, 0.15) is 0 Å². The van der Waals surface area contributed by atoms with Crippen LogP contribution in [0.2, 0.25) is 0 Å². The standard InChI is InChI=1S/C22H18N2OS2/c1-15-5-4-6-18(13-15)23-21(25)17-11-9-16(10-12-17)14-26-22-24-19-7-2-3-8-20(19)27-22/h2-13H,14H2,1H3,(H,23,25). The van der Waals surface area contributed by atoms with Crippen LogP contribution in [0.1, 0.15) is 21.5 Å². The number of thioether (sulfide) groups is 1. The van der Waals surface area contributed by atoms with E-state index in [1.165, 1.54) is 10.3 Å². The molecule has 0 radical (unpaired) electrons. The third kappa shape index (κ3) is 4.38. The van der Waals surface area contributed by atoms with Gasteiger partial charge in [0, 0.05) is 17.0 Å². The number of para-hydroxylation sites is 1. The van der Waals surface area contributed by atoms with Crippen molar-refractivity contribution in [2.75, 3.05) is 5.32 Å². The molecule has 0 aliphatic carbocycles. The van der Waals surface area contributed by atoms with Gasteiger partial charge in [-0.2, -0.15) is 0 Å². The maximum atomic E-state index is 12.4. The molecule has 27 heavy (non-hydrogen) atoms. The fourth-order valence-corrected chi connectivity index (χ4v) is 4.76. The number of benzene rings is 3. The van der Waals surface area contributed by atoms with E-state index in [9.17, 15) is 4.79 Å². The Morgan fingerprint density at radius 3 is 2.63 bits per heavy atom. The third-order valence-corrected chi connectivity index (χ3v) is 6.38. The molecule has 0 spiro atoms. The molecular weight excluding hydrogens is 372 g/mol.